The number of esters is 2. The molecular formula is C21H26O8. The highest BCUT2D eigenvalue weighted by atomic mass is 16.8. The Hall–Kier alpha value is -2.74. The predicted molar refractivity (Wildman–Crippen MR) is 102 cm³/mol. The SMILES string of the molecule is CC=C(C)OC(=O)C(c1cc(OC)c2c(c1)OCO2)C(C)C(=O)OC1(C)OC1C. The van der Waals surface area contributed by atoms with Crippen LogP contribution in [0.25, 0.3) is 0 Å². The summed E-state index contributed by atoms with van der Waals surface area (Å²) in [6.07, 6.45) is 1.47. The fourth-order valence-corrected chi connectivity index (χ4v) is 3.09. The number of hydrogen-bond acceptors (Lipinski definition) is 8. The van der Waals surface area contributed by atoms with Gasteiger partial charge in [0.2, 0.25) is 18.3 Å². The quantitative estimate of drug-likeness (QED) is 0.387. The lowest BCUT2D eigenvalue weighted by atomic mass is 9.86. The van der Waals surface area contributed by atoms with Crippen LogP contribution in [-0.2, 0) is 23.8 Å². The van der Waals surface area contributed by atoms with Crippen LogP contribution in [0.4, 0.5) is 0 Å². The third-order valence-corrected chi connectivity index (χ3v) is 5.23. The summed E-state index contributed by atoms with van der Waals surface area (Å²) in [4.78, 5) is 25.8. The zero-order chi connectivity index (χ0) is 21.3. The van der Waals surface area contributed by atoms with Gasteiger partial charge in [-0.2, -0.15) is 0 Å². The Balaban J connectivity index is 1.95. The van der Waals surface area contributed by atoms with Gasteiger partial charge in [-0.15, -0.1) is 0 Å². The third-order valence-electron chi connectivity index (χ3n) is 5.23. The molecule has 0 radical (unpaired) electrons. The van der Waals surface area contributed by atoms with Gasteiger partial charge in [-0.05, 0) is 44.5 Å². The summed E-state index contributed by atoms with van der Waals surface area (Å²) in [5.74, 6) is -2.17. The minimum Gasteiger partial charge on any atom is -0.493 e. The summed E-state index contributed by atoms with van der Waals surface area (Å²) in [7, 11) is 1.49. The van der Waals surface area contributed by atoms with Crippen LogP contribution in [0.5, 0.6) is 17.2 Å². The highest BCUT2D eigenvalue weighted by Gasteiger charge is 2.54. The van der Waals surface area contributed by atoms with E-state index in [0.29, 0.717) is 28.6 Å². The fraction of sp³-hybridized carbons (Fsp3) is 0.524. The lowest BCUT2D eigenvalue weighted by molar-refractivity contribution is -0.165. The van der Waals surface area contributed by atoms with Gasteiger partial charge in [0.25, 0.3) is 0 Å². The minimum absolute atomic E-state index is 0.0487. The second-order valence-corrected chi connectivity index (χ2v) is 7.24. The Labute approximate surface area is 169 Å². The lowest BCUT2D eigenvalue weighted by Gasteiger charge is -2.23. The van der Waals surface area contributed by atoms with E-state index in [2.05, 4.69) is 0 Å². The molecule has 4 unspecified atom stereocenters. The number of ether oxygens (including phenoxy) is 6. The van der Waals surface area contributed by atoms with Gasteiger partial charge in [0, 0.05) is 6.92 Å². The van der Waals surface area contributed by atoms with Crippen LogP contribution < -0.4 is 14.2 Å². The van der Waals surface area contributed by atoms with Crippen LogP contribution in [0.3, 0.4) is 0 Å². The molecule has 1 fully saturated rings. The van der Waals surface area contributed by atoms with Crippen LogP contribution >= 0.6 is 0 Å². The van der Waals surface area contributed by atoms with Gasteiger partial charge >= 0.3 is 11.9 Å². The maximum Gasteiger partial charge on any atom is 0.319 e. The van der Waals surface area contributed by atoms with E-state index in [0.717, 1.165) is 0 Å². The molecule has 2 aliphatic heterocycles. The van der Waals surface area contributed by atoms with Crippen molar-refractivity contribution < 1.29 is 38.0 Å². The molecule has 3 rings (SSSR count). The first-order valence-electron chi connectivity index (χ1n) is 9.43. The van der Waals surface area contributed by atoms with Crippen LogP contribution in [-0.4, -0.2) is 37.7 Å². The highest BCUT2D eigenvalue weighted by molar-refractivity contribution is 5.87. The number of carbonyl (C=O) groups excluding carboxylic acids is 2. The molecular weight excluding hydrogens is 380 g/mol. The molecule has 1 saturated heterocycles. The molecule has 0 aromatic heterocycles. The van der Waals surface area contributed by atoms with E-state index in [-0.39, 0.29) is 12.9 Å². The number of epoxide rings is 1. The number of rotatable bonds is 7. The summed E-state index contributed by atoms with van der Waals surface area (Å²) in [6.45, 7) is 8.58. The van der Waals surface area contributed by atoms with Crippen molar-refractivity contribution in [2.45, 2.75) is 52.4 Å². The largest absolute Gasteiger partial charge is 0.493 e. The first kappa shape index (κ1) is 21.0. The summed E-state index contributed by atoms with van der Waals surface area (Å²) < 4.78 is 32.5. The molecule has 0 spiro atoms. The van der Waals surface area contributed by atoms with E-state index >= 15 is 0 Å². The van der Waals surface area contributed by atoms with Crippen LogP contribution in [0.1, 0.15) is 46.1 Å². The number of allylic oxidation sites excluding steroid dienone is 2. The fourth-order valence-electron chi connectivity index (χ4n) is 3.09. The molecule has 2 heterocycles. The van der Waals surface area contributed by atoms with Gasteiger partial charge in [-0.25, -0.2) is 0 Å². The second kappa shape index (κ2) is 7.94. The Morgan fingerprint density at radius 1 is 1.28 bits per heavy atom. The topological polar surface area (TPSA) is 92.8 Å². The van der Waals surface area contributed by atoms with Crippen LogP contribution in [0.15, 0.2) is 24.0 Å². The third kappa shape index (κ3) is 4.17. The van der Waals surface area contributed by atoms with Gasteiger partial charge in [0.1, 0.15) is 11.9 Å². The van der Waals surface area contributed by atoms with Crippen molar-refractivity contribution in [3.63, 3.8) is 0 Å². The van der Waals surface area contributed by atoms with E-state index in [1.165, 1.54) is 7.11 Å². The first-order valence-corrected chi connectivity index (χ1v) is 9.43. The zero-order valence-corrected chi connectivity index (χ0v) is 17.4. The van der Waals surface area contributed by atoms with Crippen LogP contribution in [0, 0.1) is 5.92 Å². The molecule has 29 heavy (non-hydrogen) atoms. The molecule has 0 aliphatic carbocycles. The summed E-state index contributed by atoms with van der Waals surface area (Å²) in [5.41, 5.74) is 0.499. The molecule has 0 saturated carbocycles. The number of carbonyl (C=O) groups is 2. The Morgan fingerprint density at radius 3 is 2.55 bits per heavy atom. The summed E-state index contributed by atoms with van der Waals surface area (Å²) in [6, 6.07) is 3.30. The molecule has 158 valence electrons. The lowest BCUT2D eigenvalue weighted by Crippen LogP contribution is -2.32. The van der Waals surface area contributed by atoms with E-state index in [9.17, 15) is 9.59 Å². The van der Waals surface area contributed by atoms with Crippen molar-refractivity contribution in [3.8, 4) is 17.2 Å². The Bertz CT molecular complexity index is 845. The Kier molecular flexibility index (Phi) is 5.75. The monoisotopic (exact) mass is 406 g/mol. The number of benzene rings is 1. The van der Waals surface area contributed by atoms with Crippen LogP contribution in [0.2, 0.25) is 0 Å². The first-order chi connectivity index (χ1) is 13.7. The van der Waals surface area contributed by atoms with E-state index in [4.69, 9.17) is 28.4 Å². The molecule has 0 N–H and O–H groups in total. The zero-order valence-electron chi connectivity index (χ0n) is 17.4. The van der Waals surface area contributed by atoms with Crippen molar-refractivity contribution in [2.24, 2.45) is 5.92 Å². The van der Waals surface area contributed by atoms with Crippen molar-refractivity contribution in [2.75, 3.05) is 13.9 Å². The molecule has 1 aromatic rings. The number of methoxy groups -OCH3 is 1. The van der Waals surface area contributed by atoms with Gasteiger partial charge in [-0.1, -0.05) is 6.92 Å². The Morgan fingerprint density at radius 2 is 1.97 bits per heavy atom. The number of fused-ring (bicyclic) bond motifs is 1. The molecule has 4 atom stereocenters. The highest BCUT2D eigenvalue weighted by Crippen LogP contribution is 2.45. The predicted octanol–water partition coefficient (Wildman–Crippen LogP) is 3.29. The molecule has 0 bridgehead atoms. The molecule has 8 nitrogen and oxygen atoms in total. The van der Waals surface area contributed by atoms with Crippen molar-refractivity contribution >= 4 is 11.9 Å². The van der Waals surface area contributed by atoms with Crippen molar-refractivity contribution in [3.05, 3.63) is 29.5 Å². The minimum atomic E-state index is -0.967. The van der Waals surface area contributed by atoms with Crippen molar-refractivity contribution in [1.82, 2.24) is 0 Å². The average molecular weight is 406 g/mol. The van der Waals surface area contributed by atoms with Gasteiger partial charge in [-0.3, -0.25) is 9.59 Å². The normalized spacial score (nSPS) is 24.5. The van der Waals surface area contributed by atoms with Gasteiger partial charge < -0.3 is 28.4 Å². The second-order valence-electron chi connectivity index (χ2n) is 7.24. The molecule has 8 heteroatoms. The molecule has 1 aromatic carbocycles. The van der Waals surface area contributed by atoms with Gasteiger partial charge in [0.05, 0.1) is 18.9 Å². The van der Waals surface area contributed by atoms with E-state index in [1.807, 2.05) is 6.92 Å². The van der Waals surface area contributed by atoms with Gasteiger partial charge in [0.15, 0.2) is 11.5 Å². The van der Waals surface area contributed by atoms with Crippen molar-refractivity contribution in [1.29, 1.82) is 0 Å². The number of hydrogen-bond donors (Lipinski definition) is 0. The maximum absolute atomic E-state index is 13.0. The molecule has 2 aliphatic rings. The smallest absolute Gasteiger partial charge is 0.319 e. The average Bonchev–Trinajstić information content (AvgIpc) is 3.06. The van der Waals surface area contributed by atoms with E-state index in [1.54, 1.807) is 45.9 Å². The molecule has 0 amide bonds. The summed E-state index contributed by atoms with van der Waals surface area (Å²) in [5, 5.41) is 0. The van der Waals surface area contributed by atoms with E-state index < -0.39 is 29.6 Å². The summed E-state index contributed by atoms with van der Waals surface area (Å²) >= 11 is 0. The standard InChI is InChI=1S/C21H26O8/c1-7-11(2)27-20(23)17(12(3)19(22)29-21(5)13(4)28-21)14-8-15(24-6)18-16(9-14)25-10-26-18/h7-9,12-13,17H,10H2,1-6H3. The maximum atomic E-state index is 13.0.